The van der Waals surface area contributed by atoms with Crippen molar-refractivity contribution in [3.05, 3.63) is 39.4 Å². The second-order valence-corrected chi connectivity index (χ2v) is 3.27. The number of aliphatic carboxylic acids is 1. The number of hydrogen-bond acceptors (Lipinski definition) is 4. The summed E-state index contributed by atoms with van der Waals surface area (Å²) < 4.78 is 37.3. The standard InChI is InChI=1S/C9H6F3NO5/c10-9(11,12)5-2-1-4(7(14)8(15)16)3-6(5)13(17)18/h1-3,7,14H,(H,15,16). The Morgan fingerprint density at radius 3 is 2.33 bits per heavy atom. The Morgan fingerprint density at radius 2 is 1.94 bits per heavy atom. The van der Waals surface area contributed by atoms with E-state index in [0.29, 0.717) is 18.2 Å². The molecule has 1 unspecified atom stereocenters. The van der Waals surface area contributed by atoms with E-state index in [1.54, 1.807) is 0 Å². The Labute approximate surface area is 97.4 Å². The lowest BCUT2D eigenvalue weighted by Crippen LogP contribution is -2.13. The van der Waals surface area contributed by atoms with Crippen molar-refractivity contribution >= 4 is 11.7 Å². The number of nitro groups is 1. The highest BCUT2D eigenvalue weighted by Gasteiger charge is 2.38. The van der Waals surface area contributed by atoms with Gasteiger partial charge in [0.2, 0.25) is 0 Å². The average Bonchev–Trinajstić information content (AvgIpc) is 2.25. The zero-order chi connectivity index (χ0) is 14.1. The van der Waals surface area contributed by atoms with Gasteiger partial charge < -0.3 is 10.2 Å². The number of benzene rings is 1. The number of carboxylic acids is 1. The first kappa shape index (κ1) is 13.9. The summed E-state index contributed by atoms with van der Waals surface area (Å²) in [7, 11) is 0. The van der Waals surface area contributed by atoms with E-state index in [2.05, 4.69) is 0 Å². The molecule has 1 aromatic carbocycles. The number of nitro benzene ring substituents is 1. The molecule has 0 heterocycles. The van der Waals surface area contributed by atoms with Crippen LogP contribution in [-0.4, -0.2) is 21.1 Å². The van der Waals surface area contributed by atoms with Gasteiger partial charge >= 0.3 is 12.1 Å². The number of alkyl halides is 3. The Hall–Kier alpha value is -2.16. The van der Waals surface area contributed by atoms with Gasteiger partial charge in [0.15, 0.2) is 6.10 Å². The van der Waals surface area contributed by atoms with Gasteiger partial charge in [-0.1, -0.05) is 6.07 Å². The summed E-state index contributed by atoms with van der Waals surface area (Å²) in [4.78, 5) is 19.6. The van der Waals surface area contributed by atoms with Gasteiger partial charge in [0.05, 0.1) is 4.92 Å². The number of aliphatic hydroxyl groups is 1. The third kappa shape index (κ3) is 2.74. The molecule has 2 N–H and O–H groups in total. The maximum atomic E-state index is 12.4. The van der Waals surface area contributed by atoms with Gasteiger partial charge in [-0.15, -0.1) is 0 Å². The number of hydrogen-bond donors (Lipinski definition) is 2. The Morgan fingerprint density at radius 1 is 1.39 bits per heavy atom. The summed E-state index contributed by atoms with van der Waals surface area (Å²) in [5.74, 6) is -1.72. The molecule has 1 atom stereocenters. The summed E-state index contributed by atoms with van der Waals surface area (Å²) in [6, 6.07) is 1.43. The minimum Gasteiger partial charge on any atom is -0.479 e. The molecule has 6 nitrogen and oxygen atoms in total. The predicted molar refractivity (Wildman–Crippen MR) is 50.7 cm³/mol. The highest BCUT2D eigenvalue weighted by molar-refractivity contribution is 5.74. The molecule has 0 spiro atoms. The third-order valence-corrected chi connectivity index (χ3v) is 2.07. The number of rotatable bonds is 3. The Balaban J connectivity index is 3.37. The zero-order valence-corrected chi connectivity index (χ0v) is 8.51. The number of halogens is 3. The molecule has 0 saturated heterocycles. The lowest BCUT2D eigenvalue weighted by atomic mass is 10.0. The van der Waals surface area contributed by atoms with Crippen molar-refractivity contribution in [3.63, 3.8) is 0 Å². The van der Waals surface area contributed by atoms with Crippen molar-refractivity contribution in [1.82, 2.24) is 0 Å². The van der Waals surface area contributed by atoms with Gasteiger partial charge in [0.1, 0.15) is 5.56 Å². The molecule has 1 aromatic rings. The van der Waals surface area contributed by atoms with Crippen LogP contribution in [0.4, 0.5) is 18.9 Å². The van der Waals surface area contributed by atoms with E-state index in [-0.39, 0.29) is 0 Å². The normalized spacial score (nSPS) is 13.1. The molecule has 0 aliphatic heterocycles. The first-order valence-electron chi connectivity index (χ1n) is 4.41. The first-order valence-corrected chi connectivity index (χ1v) is 4.41. The van der Waals surface area contributed by atoms with Crippen molar-refractivity contribution in [2.75, 3.05) is 0 Å². The molecule has 0 aliphatic rings. The fraction of sp³-hybridized carbons (Fsp3) is 0.222. The zero-order valence-electron chi connectivity index (χ0n) is 8.51. The fourth-order valence-corrected chi connectivity index (χ4v) is 1.25. The van der Waals surface area contributed by atoms with Crippen LogP contribution in [0.5, 0.6) is 0 Å². The summed E-state index contributed by atoms with van der Waals surface area (Å²) >= 11 is 0. The van der Waals surface area contributed by atoms with Crippen LogP contribution in [0.2, 0.25) is 0 Å². The minimum atomic E-state index is -4.94. The van der Waals surface area contributed by atoms with E-state index in [1.165, 1.54) is 0 Å². The van der Waals surface area contributed by atoms with Gasteiger partial charge in [0.25, 0.3) is 5.69 Å². The molecule has 18 heavy (non-hydrogen) atoms. The van der Waals surface area contributed by atoms with Crippen LogP contribution >= 0.6 is 0 Å². The lowest BCUT2D eigenvalue weighted by molar-refractivity contribution is -0.388. The molecule has 0 bridgehead atoms. The van der Waals surface area contributed by atoms with Crippen LogP contribution in [-0.2, 0) is 11.0 Å². The SMILES string of the molecule is O=C(O)C(O)c1ccc(C(F)(F)F)c([N+](=O)[O-])c1. The molecule has 9 heteroatoms. The highest BCUT2D eigenvalue weighted by Crippen LogP contribution is 2.37. The molecule has 98 valence electrons. The Bertz CT molecular complexity index is 499. The quantitative estimate of drug-likeness (QED) is 0.640. The van der Waals surface area contributed by atoms with E-state index in [1.807, 2.05) is 0 Å². The van der Waals surface area contributed by atoms with Crippen molar-refractivity contribution in [3.8, 4) is 0 Å². The second-order valence-electron chi connectivity index (χ2n) is 3.27. The van der Waals surface area contributed by atoms with Crippen molar-refractivity contribution < 1.29 is 33.1 Å². The van der Waals surface area contributed by atoms with Crippen LogP contribution in [0, 0.1) is 10.1 Å². The van der Waals surface area contributed by atoms with Crippen LogP contribution in [0.3, 0.4) is 0 Å². The monoisotopic (exact) mass is 265 g/mol. The predicted octanol–water partition coefficient (Wildman–Crippen LogP) is 1.73. The number of aliphatic hydroxyl groups excluding tert-OH is 1. The summed E-state index contributed by atoms with van der Waals surface area (Å²) in [6.45, 7) is 0. The van der Waals surface area contributed by atoms with Gasteiger partial charge in [-0.3, -0.25) is 10.1 Å². The fourth-order valence-electron chi connectivity index (χ4n) is 1.25. The molecular weight excluding hydrogens is 259 g/mol. The number of carboxylic acid groups (broad SMARTS) is 1. The molecule has 0 aliphatic carbocycles. The van der Waals surface area contributed by atoms with Crippen LogP contribution in [0.15, 0.2) is 18.2 Å². The number of carbonyl (C=O) groups is 1. The lowest BCUT2D eigenvalue weighted by Gasteiger charge is -2.10. The minimum absolute atomic E-state index is 0.361. The third-order valence-electron chi connectivity index (χ3n) is 2.07. The maximum Gasteiger partial charge on any atom is 0.422 e. The summed E-state index contributed by atoms with van der Waals surface area (Å²) in [6.07, 6.45) is -7.05. The van der Waals surface area contributed by atoms with Gasteiger partial charge in [-0.25, -0.2) is 4.79 Å². The largest absolute Gasteiger partial charge is 0.479 e. The average molecular weight is 265 g/mol. The van der Waals surface area contributed by atoms with Gasteiger partial charge in [-0.2, -0.15) is 13.2 Å². The summed E-state index contributed by atoms with van der Waals surface area (Å²) in [5.41, 5.74) is -3.31. The Kier molecular flexibility index (Phi) is 3.56. The van der Waals surface area contributed by atoms with E-state index in [0.717, 1.165) is 0 Å². The molecular formula is C9H6F3NO5. The smallest absolute Gasteiger partial charge is 0.422 e. The van der Waals surface area contributed by atoms with E-state index >= 15 is 0 Å². The highest BCUT2D eigenvalue weighted by atomic mass is 19.4. The van der Waals surface area contributed by atoms with E-state index in [4.69, 9.17) is 10.2 Å². The molecule has 0 fully saturated rings. The number of nitrogens with zero attached hydrogens (tertiary/aromatic N) is 1. The summed E-state index contributed by atoms with van der Waals surface area (Å²) in [5, 5.41) is 28.0. The second kappa shape index (κ2) is 4.61. The topological polar surface area (TPSA) is 101 Å². The van der Waals surface area contributed by atoms with Crippen molar-refractivity contribution in [1.29, 1.82) is 0 Å². The molecule has 0 amide bonds. The van der Waals surface area contributed by atoms with Crippen molar-refractivity contribution in [2.45, 2.75) is 12.3 Å². The molecule has 0 saturated carbocycles. The van der Waals surface area contributed by atoms with Gasteiger partial charge in [0, 0.05) is 6.07 Å². The molecule has 0 radical (unpaired) electrons. The van der Waals surface area contributed by atoms with E-state index < -0.39 is 40.0 Å². The molecule has 1 rings (SSSR count). The van der Waals surface area contributed by atoms with E-state index in [9.17, 15) is 28.1 Å². The molecule has 0 aromatic heterocycles. The van der Waals surface area contributed by atoms with Crippen LogP contribution in [0.1, 0.15) is 17.2 Å². The van der Waals surface area contributed by atoms with Crippen LogP contribution in [0.25, 0.3) is 0 Å². The van der Waals surface area contributed by atoms with Gasteiger partial charge in [-0.05, 0) is 11.6 Å². The first-order chi connectivity index (χ1) is 8.14. The maximum absolute atomic E-state index is 12.4. The van der Waals surface area contributed by atoms with Crippen molar-refractivity contribution in [2.24, 2.45) is 0 Å². The van der Waals surface area contributed by atoms with Crippen LogP contribution < -0.4 is 0 Å².